The number of hydrogen-bond acceptors (Lipinski definition) is 4. The van der Waals surface area contributed by atoms with E-state index < -0.39 is 17.6 Å². The van der Waals surface area contributed by atoms with Gasteiger partial charge in [-0.2, -0.15) is 18.3 Å². The van der Waals surface area contributed by atoms with Crippen molar-refractivity contribution in [1.82, 2.24) is 20.2 Å². The lowest BCUT2D eigenvalue weighted by molar-refractivity contribution is -0.137. The van der Waals surface area contributed by atoms with Crippen molar-refractivity contribution in [3.63, 3.8) is 0 Å². The second kappa shape index (κ2) is 5.68. The minimum atomic E-state index is -4.47. The molecule has 0 bridgehead atoms. The summed E-state index contributed by atoms with van der Waals surface area (Å²) in [7, 11) is 0. The third-order valence-corrected chi connectivity index (χ3v) is 2.41. The lowest BCUT2D eigenvalue weighted by Crippen LogP contribution is -2.15. The lowest BCUT2D eigenvalue weighted by Gasteiger charge is -2.08. The quantitative estimate of drug-likeness (QED) is 0.897. The summed E-state index contributed by atoms with van der Waals surface area (Å²) in [5.74, 6) is -0.0622. The molecule has 0 radical (unpaired) electrons. The van der Waals surface area contributed by atoms with Crippen molar-refractivity contribution in [2.45, 2.75) is 19.0 Å². The standard InChI is InChI=1S/C11H10F3N5O/c12-11(13,14)7-3-4-15-9(5-7)18-10(20)2-1-8-16-6-17-19-8/h3-6H,1-2H2,(H,15,18,20)(H,16,17,19). The Labute approximate surface area is 111 Å². The highest BCUT2D eigenvalue weighted by atomic mass is 19.4. The van der Waals surface area contributed by atoms with Crippen molar-refractivity contribution in [3.05, 3.63) is 36.0 Å². The number of hydrogen-bond donors (Lipinski definition) is 2. The molecule has 0 saturated carbocycles. The van der Waals surface area contributed by atoms with Gasteiger partial charge in [0.25, 0.3) is 0 Å². The van der Waals surface area contributed by atoms with Crippen LogP contribution in [0.1, 0.15) is 17.8 Å². The highest BCUT2D eigenvalue weighted by molar-refractivity contribution is 5.89. The molecule has 0 spiro atoms. The van der Waals surface area contributed by atoms with Crippen LogP contribution in [0.15, 0.2) is 24.7 Å². The molecule has 0 unspecified atom stereocenters. The Bertz CT molecular complexity index is 582. The average molecular weight is 285 g/mol. The van der Waals surface area contributed by atoms with E-state index in [1.165, 1.54) is 6.33 Å². The molecule has 6 nitrogen and oxygen atoms in total. The third-order valence-electron chi connectivity index (χ3n) is 2.41. The van der Waals surface area contributed by atoms with E-state index in [4.69, 9.17) is 0 Å². The monoisotopic (exact) mass is 285 g/mol. The van der Waals surface area contributed by atoms with E-state index in [0.717, 1.165) is 18.3 Å². The number of anilines is 1. The van der Waals surface area contributed by atoms with Crippen molar-refractivity contribution >= 4 is 11.7 Å². The van der Waals surface area contributed by atoms with E-state index in [9.17, 15) is 18.0 Å². The summed E-state index contributed by atoms with van der Waals surface area (Å²) >= 11 is 0. The van der Waals surface area contributed by atoms with Crippen molar-refractivity contribution in [1.29, 1.82) is 0 Å². The van der Waals surface area contributed by atoms with Gasteiger partial charge in [0.1, 0.15) is 18.0 Å². The van der Waals surface area contributed by atoms with Crippen LogP contribution in [-0.2, 0) is 17.4 Å². The molecule has 2 heterocycles. The maximum atomic E-state index is 12.5. The second-order valence-electron chi connectivity index (χ2n) is 3.91. The molecule has 2 N–H and O–H groups in total. The molecule has 0 aromatic carbocycles. The van der Waals surface area contributed by atoms with Gasteiger partial charge in [0, 0.05) is 19.0 Å². The van der Waals surface area contributed by atoms with E-state index in [1.54, 1.807) is 0 Å². The SMILES string of the molecule is O=C(CCc1ncn[nH]1)Nc1cc(C(F)(F)F)ccn1. The molecule has 20 heavy (non-hydrogen) atoms. The number of nitrogens with one attached hydrogen (secondary N) is 2. The number of aromatic nitrogens is 4. The number of nitrogens with zero attached hydrogens (tertiary/aromatic N) is 3. The summed E-state index contributed by atoms with van der Waals surface area (Å²) in [4.78, 5) is 19.1. The van der Waals surface area contributed by atoms with Gasteiger partial charge in [-0.25, -0.2) is 9.97 Å². The predicted octanol–water partition coefficient (Wildman–Crippen LogP) is 1.79. The van der Waals surface area contributed by atoms with Gasteiger partial charge in [-0.3, -0.25) is 9.89 Å². The largest absolute Gasteiger partial charge is 0.416 e. The van der Waals surface area contributed by atoms with Crippen LogP contribution < -0.4 is 5.32 Å². The van der Waals surface area contributed by atoms with E-state index >= 15 is 0 Å². The molecule has 106 valence electrons. The minimum absolute atomic E-state index is 0.0626. The van der Waals surface area contributed by atoms with Crippen LogP contribution in [-0.4, -0.2) is 26.1 Å². The lowest BCUT2D eigenvalue weighted by atomic mass is 10.2. The third kappa shape index (κ3) is 3.77. The fraction of sp³-hybridized carbons (Fsp3) is 0.273. The van der Waals surface area contributed by atoms with Gasteiger partial charge in [-0.05, 0) is 12.1 Å². The maximum absolute atomic E-state index is 12.5. The zero-order valence-corrected chi connectivity index (χ0v) is 10.1. The highest BCUT2D eigenvalue weighted by Crippen LogP contribution is 2.29. The maximum Gasteiger partial charge on any atom is 0.416 e. The first kappa shape index (κ1) is 14.0. The fourth-order valence-corrected chi connectivity index (χ4v) is 1.46. The number of carbonyl (C=O) groups excluding carboxylic acids is 1. The van der Waals surface area contributed by atoms with Crippen molar-refractivity contribution < 1.29 is 18.0 Å². The molecular formula is C11H10F3N5O. The molecule has 1 amide bonds. The van der Waals surface area contributed by atoms with Crippen molar-refractivity contribution in [3.8, 4) is 0 Å². The Balaban J connectivity index is 1.94. The van der Waals surface area contributed by atoms with Crippen molar-refractivity contribution in [2.24, 2.45) is 0 Å². The Kier molecular flexibility index (Phi) is 3.97. The molecule has 9 heteroatoms. The van der Waals surface area contributed by atoms with Gasteiger partial charge in [0.15, 0.2) is 0 Å². The van der Waals surface area contributed by atoms with E-state index in [-0.39, 0.29) is 12.2 Å². The smallest absolute Gasteiger partial charge is 0.311 e. The molecule has 0 aliphatic carbocycles. The molecule has 2 aromatic heterocycles. The van der Waals surface area contributed by atoms with Crippen LogP contribution in [0.2, 0.25) is 0 Å². The Hall–Kier alpha value is -2.45. The van der Waals surface area contributed by atoms with Crippen LogP contribution in [0.4, 0.5) is 19.0 Å². The Morgan fingerprint density at radius 1 is 1.35 bits per heavy atom. The molecule has 0 atom stereocenters. The van der Waals surface area contributed by atoms with Gasteiger partial charge in [-0.15, -0.1) is 0 Å². The first-order valence-corrected chi connectivity index (χ1v) is 5.62. The fourth-order valence-electron chi connectivity index (χ4n) is 1.46. The minimum Gasteiger partial charge on any atom is -0.311 e. The molecule has 0 aliphatic rings. The van der Waals surface area contributed by atoms with Gasteiger partial charge in [-0.1, -0.05) is 0 Å². The second-order valence-corrected chi connectivity index (χ2v) is 3.91. The van der Waals surface area contributed by atoms with Gasteiger partial charge in [0.05, 0.1) is 5.56 Å². The summed E-state index contributed by atoms with van der Waals surface area (Å²) in [6.07, 6.45) is -1.79. The average Bonchev–Trinajstić information content (AvgIpc) is 2.89. The molecule has 0 fully saturated rings. The van der Waals surface area contributed by atoms with Crippen LogP contribution in [0.25, 0.3) is 0 Å². The molecule has 0 saturated heterocycles. The zero-order chi connectivity index (χ0) is 14.6. The first-order chi connectivity index (χ1) is 9.45. The zero-order valence-electron chi connectivity index (χ0n) is 10.1. The summed E-state index contributed by atoms with van der Waals surface area (Å²) in [5.41, 5.74) is -0.863. The highest BCUT2D eigenvalue weighted by Gasteiger charge is 2.30. The van der Waals surface area contributed by atoms with E-state index in [2.05, 4.69) is 25.5 Å². The number of aromatic amines is 1. The molecule has 2 rings (SSSR count). The number of aryl methyl sites for hydroxylation is 1. The summed E-state index contributed by atoms with van der Waals surface area (Å²) in [5, 5.41) is 8.50. The Morgan fingerprint density at radius 2 is 2.15 bits per heavy atom. The van der Waals surface area contributed by atoms with Crippen LogP contribution >= 0.6 is 0 Å². The molecule has 2 aromatic rings. The van der Waals surface area contributed by atoms with Crippen LogP contribution in [0.5, 0.6) is 0 Å². The number of halogens is 3. The molecular weight excluding hydrogens is 275 g/mol. The Morgan fingerprint density at radius 3 is 2.80 bits per heavy atom. The number of pyridine rings is 1. The number of alkyl halides is 3. The van der Waals surface area contributed by atoms with E-state index in [0.29, 0.717) is 12.2 Å². The predicted molar refractivity (Wildman–Crippen MR) is 62.6 cm³/mol. The van der Waals surface area contributed by atoms with Crippen LogP contribution in [0, 0.1) is 0 Å². The summed E-state index contributed by atoms with van der Waals surface area (Å²) in [6, 6.07) is 1.62. The summed E-state index contributed by atoms with van der Waals surface area (Å²) in [6.45, 7) is 0. The number of carbonyl (C=O) groups is 1. The molecule has 0 aliphatic heterocycles. The number of H-pyrrole nitrogens is 1. The van der Waals surface area contributed by atoms with Crippen molar-refractivity contribution in [2.75, 3.05) is 5.32 Å². The van der Waals surface area contributed by atoms with Crippen LogP contribution in [0.3, 0.4) is 0 Å². The number of amides is 1. The first-order valence-electron chi connectivity index (χ1n) is 5.62. The normalized spacial score (nSPS) is 11.3. The summed E-state index contributed by atoms with van der Waals surface area (Å²) < 4.78 is 37.4. The number of rotatable bonds is 4. The van der Waals surface area contributed by atoms with Gasteiger partial charge in [0.2, 0.25) is 5.91 Å². The van der Waals surface area contributed by atoms with E-state index in [1.807, 2.05) is 0 Å². The van der Waals surface area contributed by atoms with Gasteiger partial charge < -0.3 is 5.32 Å². The van der Waals surface area contributed by atoms with Gasteiger partial charge >= 0.3 is 6.18 Å². The topological polar surface area (TPSA) is 83.6 Å².